The Bertz CT molecular complexity index is 1980. The Labute approximate surface area is 343 Å². The first-order valence-corrected chi connectivity index (χ1v) is 19.6. The summed E-state index contributed by atoms with van der Waals surface area (Å²) in [7, 11) is 1.64. The van der Waals surface area contributed by atoms with Crippen LogP contribution in [-0.2, 0) is 28.9 Å². The molecule has 0 aliphatic carbocycles. The number of terminal acetylenes is 1. The monoisotopic (exact) mass is 835 g/mol. The largest absolute Gasteiger partial charge is 0.479 e. The number of hydrogen-bond acceptors (Lipinski definition) is 10. The number of aryl methyl sites for hydroxylation is 3. The van der Waals surface area contributed by atoms with Crippen LogP contribution in [0.15, 0.2) is 35.1 Å². The number of fused-ring (bicyclic) bond motifs is 1. The van der Waals surface area contributed by atoms with Gasteiger partial charge in [-0.05, 0) is 82.7 Å². The van der Waals surface area contributed by atoms with Crippen molar-refractivity contribution in [3.8, 4) is 23.8 Å². The number of anilines is 3. The molecule has 0 saturated carbocycles. The number of alkyl halides is 1. The molecule has 1 atom stereocenters. The normalized spacial score (nSPS) is 12.3. The highest BCUT2D eigenvalue weighted by Crippen LogP contribution is 2.33. The molecule has 3 heterocycles. The van der Waals surface area contributed by atoms with Gasteiger partial charge in [0, 0.05) is 38.7 Å². The van der Waals surface area contributed by atoms with E-state index in [0.29, 0.717) is 46.5 Å². The van der Waals surface area contributed by atoms with Crippen LogP contribution in [0, 0.1) is 19.3 Å². The molecular formula is C38H49Cl4N9O4. The zero-order valence-electron chi connectivity index (χ0n) is 32.3. The third kappa shape index (κ3) is 12.7. The SMILES string of the molecule is C#CCOc1cc(-n2nc3n(c2=O)CCCC3)c(Cl)cc1Cl.CCNc1nc(Cl)nc(NC(C)C)n1.CCc1cccc(C)c1N(C(=O)CCl)C(C)COC. The summed E-state index contributed by atoms with van der Waals surface area (Å²) < 4.78 is 13.5. The minimum absolute atomic E-state index is 0.0223. The second-order valence-corrected chi connectivity index (χ2v) is 14.1. The van der Waals surface area contributed by atoms with Crippen molar-refractivity contribution in [2.24, 2.45) is 0 Å². The van der Waals surface area contributed by atoms with Gasteiger partial charge in [0.15, 0.2) is 0 Å². The predicted molar refractivity (Wildman–Crippen MR) is 223 cm³/mol. The van der Waals surface area contributed by atoms with Crippen molar-refractivity contribution >= 4 is 69.9 Å². The van der Waals surface area contributed by atoms with E-state index in [-0.39, 0.29) is 41.5 Å². The summed E-state index contributed by atoms with van der Waals surface area (Å²) in [6.45, 7) is 14.0. The van der Waals surface area contributed by atoms with Crippen LogP contribution in [0.3, 0.4) is 0 Å². The van der Waals surface area contributed by atoms with E-state index in [4.69, 9.17) is 62.3 Å². The zero-order chi connectivity index (χ0) is 40.7. The molecule has 1 aliphatic rings. The predicted octanol–water partition coefficient (Wildman–Crippen LogP) is 7.63. The number of para-hydroxylation sites is 1. The fraction of sp³-hybridized carbons (Fsp3) is 0.474. The van der Waals surface area contributed by atoms with E-state index < -0.39 is 0 Å². The van der Waals surface area contributed by atoms with Crippen molar-refractivity contribution in [1.29, 1.82) is 0 Å². The average Bonchev–Trinajstić information content (AvgIpc) is 3.47. The summed E-state index contributed by atoms with van der Waals surface area (Å²) in [5, 5.41) is 11.3. The van der Waals surface area contributed by atoms with Crippen LogP contribution in [0.25, 0.3) is 5.69 Å². The van der Waals surface area contributed by atoms with Crippen molar-refractivity contribution in [1.82, 2.24) is 29.3 Å². The highest BCUT2D eigenvalue weighted by atomic mass is 35.5. The van der Waals surface area contributed by atoms with Gasteiger partial charge in [-0.25, -0.2) is 4.79 Å². The molecule has 2 aromatic carbocycles. The molecule has 1 amide bonds. The number of methoxy groups -OCH3 is 1. The number of amides is 1. The Balaban J connectivity index is 0.000000228. The molecule has 5 rings (SSSR count). The van der Waals surface area contributed by atoms with E-state index in [2.05, 4.69) is 49.6 Å². The maximum Gasteiger partial charge on any atom is 0.350 e. The summed E-state index contributed by atoms with van der Waals surface area (Å²) in [6.07, 6.45) is 8.85. The number of benzene rings is 2. The summed E-state index contributed by atoms with van der Waals surface area (Å²) in [5.41, 5.74) is 3.44. The van der Waals surface area contributed by atoms with E-state index in [9.17, 15) is 9.59 Å². The van der Waals surface area contributed by atoms with E-state index in [1.54, 1.807) is 22.6 Å². The lowest BCUT2D eigenvalue weighted by Gasteiger charge is -2.31. The summed E-state index contributed by atoms with van der Waals surface area (Å²) in [4.78, 5) is 38.4. The lowest BCUT2D eigenvalue weighted by atomic mass is 10.0. The first-order chi connectivity index (χ1) is 26.3. The van der Waals surface area contributed by atoms with Crippen LogP contribution in [-0.4, -0.2) is 80.0 Å². The van der Waals surface area contributed by atoms with E-state index in [0.717, 1.165) is 54.9 Å². The standard InChI is InChI=1S/C15H13Cl2N3O2.C15H22ClNO2.C8H14ClN5/c1-2-7-22-13-9-12(10(16)8-11(13)17)20-15(21)19-6-4-3-5-14(19)18-20;1-5-13-8-6-7-11(2)15(13)17(14(18)9-16)12(3)10-19-4;1-4-10-7-12-6(9)13-8(14-7)11-5(2)3/h1,8-9H,3-7H2;6-8,12H,5,9-10H2,1-4H3;5H,4H2,1-3H3,(H2,10,11,12,13,14). The van der Waals surface area contributed by atoms with Gasteiger partial charge in [0.05, 0.1) is 34.1 Å². The zero-order valence-corrected chi connectivity index (χ0v) is 35.3. The molecule has 0 radical (unpaired) electrons. The second-order valence-electron chi connectivity index (χ2n) is 12.7. The number of halogens is 4. The van der Waals surface area contributed by atoms with E-state index in [1.165, 1.54) is 10.7 Å². The number of aromatic nitrogens is 6. The summed E-state index contributed by atoms with van der Waals surface area (Å²) >= 11 is 23.8. The third-order valence-electron chi connectivity index (χ3n) is 8.05. The Kier molecular flexibility index (Phi) is 18.5. The smallest absolute Gasteiger partial charge is 0.350 e. The molecule has 1 unspecified atom stereocenters. The number of hydrogen-bond donors (Lipinski definition) is 2. The molecular weight excluding hydrogens is 788 g/mol. The average molecular weight is 838 g/mol. The lowest BCUT2D eigenvalue weighted by Crippen LogP contribution is -2.43. The van der Waals surface area contributed by atoms with Gasteiger partial charge in [0.1, 0.15) is 24.1 Å². The number of nitrogens with zero attached hydrogens (tertiary/aromatic N) is 7. The van der Waals surface area contributed by atoms with Crippen molar-refractivity contribution in [2.45, 2.75) is 85.9 Å². The topological polar surface area (TPSA) is 141 Å². The number of carbonyl (C=O) groups excluding carboxylic acids is 1. The van der Waals surface area contributed by atoms with Gasteiger partial charge >= 0.3 is 5.69 Å². The minimum atomic E-state index is -0.207. The first kappa shape index (κ1) is 45.3. The van der Waals surface area contributed by atoms with Crippen molar-refractivity contribution in [3.63, 3.8) is 0 Å². The molecule has 2 N–H and O–H groups in total. The Morgan fingerprint density at radius 1 is 1.07 bits per heavy atom. The van der Waals surface area contributed by atoms with Crippen LogP contribution >= 0.6 is 46.4 Å². The number of ether oxygens (including phenoxy) is 2. The molecule has 0 spiro atoms. The van der Waals surface area contributed by atoms with Crippen molar-refractivity contribution < 1.29 is 14.3 Å². The van der Waals surface area contributed by atoms with Crippen LogP contribution in [0.2, 0.25) is 15.3 Å². The minimum Gasteiger partial charge on any atom is -0.479 e. The molecule has 4 aromatic rings. The highest BCUT2D eigenvalue weighted by molar-refractivity contribution is 6.36. The highest BCUT2D eigenvalue weighted by Gasteiger charge is 2.25. The van der Waals surface area contributed by atoms with Gasteiger partial charge in [0.25, 0.3) is 0 Å². The Morgan fingerprint density at radius 2 is 1.80 bits per heavy atom. The molecule has 55 heavy (non-hydrogen) atoms. The number of nitrogens with one attached hydrogen (secondary N) is 2. The summed E-state index contributed by atoms with van der Waals surface area (Å²) in [5.74, 6) is 4.39. The van der Waals surface area contributed by atoms with Crippen molar-refractivity contribution in [3.05, 3.63) is 73.1 Å². The van der Waals surface area contributed by atoms with Crippen LogP contribution in [0.4, 0.5) is 17.6 Å². The third-order valence-corrected chi connectivity index (χ3v) is 9.04. The molecule has 17 heteroatoms. The van der Waals surface area contributed by atoms with Crippen LogP contribution in [0.1, 0.15) is 64.4 Å². The van der Waals surface area contributed by atoms with Gasteiger partial charge < -0.3 is 25.0 Å². The van der Waals surface area contributed by atoms with E-state index >= 15 is 0 Å². The molecule has 0 saturated heterocycles. The molecule has 13 nitrogen and oxygen atoms in total. The maximum absolute atomic E-state index is 12.5. The van der Waals surface area contributed by atoms with Crippen molar-refractivity contribution in [2.75, 3.05) is 48.3 Å². The van der Waals surface area contributed by atoms with Gasteiger partial charge in [-0.1, -0.05) is 54.2 Å². The van der Waals surface area contributed by atoms with E-state index in [1.807, 2.05) is 46.8 Å². The van der Waals surface area contributed by atoms with Crippen LogP contribution < -0.4 is 26.0 Å². The Hall–Kier alpha value is -4.06. The molecule has 298 valence electrons. The summed E-state index contributed by atoms with van der Waals surface area (Å²) in [6, 6.07) is 9.42. The maximum atomic E-state index is 12.5. The number of rotatable bonds is 13. The second kappa shape index (κ2) is 22.5. The van der Waals surface area contributed by atoms with Crippen LogP contribution in [0.5, 0.6) is 5.75 Å². The quantitative estimate of drug-likeness (QED) is 0.102. The molecule has 1 aliphatic heterocycles. The van der Waals surface area contributed by atoms with Gasteiger partial charge in [0.2, 0.25) is 23.1 Å². The van der Waals surface area contributed by atoms with Gasteiger partial charge in [-0.3, -0.25) is 9.36 Å². The number of carbonyl (C=O) groups is 1. The van der Waals surface area contributed by atoms with Gasteiger partial charge in [-0.2, -0.15) is 19.6 Å². The fourth-order valence-corrected chi connectivity index (χ4v) is 6.50. The Morgan fingerprint density at radius 3 is 2.42 bits per heavy atom. The lowest BCUT2D eigenvalue weighted by molar-refractivity contribution is -0.116. The molecule has 0 fully saturated rings. The molecule has 2 aromatic heterocycles. The first-order valence-electron chi connectivity index (χ1n) is 17.9. The van der Waals surface area contributed by atoms with Gasteiger partial charge in [-0.15, -0.1) is 23.1 Å². The molecule has 0 bridgehead atoms. The fourth-order valence-electron chi connectivity index (χ4n) is 5.70.